The van der Waals surface area contributed by atoms with E-state index in [0.29, 0.717) is 38.7 Å². The van der Waals surface area contributed by atoms with Crippen LogP contribution in [-0.4, -0.2) is 10.9 Å². The van der Waals surface area contributed by atoms with Crippen LogP contribution in [0.5, 0.6) is 0 Å². The summed E-state index contributed by atoms with van der Waals surface area (Å²) < 4.78 is 5.92. The summed E-state index contributed by atoms with van der Waals surface area (Å²) in [4.78, 5) is 17.0. The van der Waals surface area contributed by atoms with E-state index in [1.807, 2.05) is 30.3 Å². The van der Waals surface area contributed by atoms with E-state index in [1.54, 1.807) is 30.3 Å². The summed E-state index contributed by atoms with van der Waals surface area (Å²) in [6.07, 6.45) is 0.246. The number of halogens is 2. The van der Waals surface area contributed by atoms with Gasteiger partial charge in [-0.2, -0.15) is 0 Å². The zero-order valence-electron chi connectivity index (χ0n) is 16.6. The highest BCUT2D eigenvalue weighted by Crippen LogP contribution is 2.33. The lowest BCUT2D eigenvalue weighted by Crippen LogP contribution is -2.14. The van der Waals surface area contributed by atoms with E-state index in [1.165, 1.54) is 5.56 Å². The van der Waals surface area contributed by atoms with E-state index in [-0.39, 0.29) is 12.3 Å². The zero-order chi connectivity index (χ0) is 21.3. The lowest BCUT2D eigenvalue weighted by molar-refractivity contribution is -0.115. The number of amides is 1. The second-order valence-corrected chi connectivity index (χ2v) is 8.29. The summed E-state index contributed by atoms with van der Waals surface area (Å²) in [5.74, 6) is 0.687. The predicted octanol–water partition coefficient (Wildman–Crippen LogP) is 7.11. The molecule has 4 rings (SSSR count). The monoisotopic (exact) mass is 438 g/mol. The summed E-state index contributed by atoms with van der Waals surface area (Å²) >= 11 is 12.3. The molecule has 6 heteroatoms. The standard InChI is InChI=1S/C24H20Cl2N2O2/c1-14(2)16-5-10-22-21(12-16)28-24(30-22)19-13-18(8-9-20(19)26)27-23(29)11-15-3-6-17(25)7-4-15/h3-10,12-14H,11H2,1-2H3,(H,27,29). The van der Waals surface area contributed by atoms with Crippen LogP contribution in [0.3, 0.4) is 0 Å². The molecule has 0 atom stereocenters. The van der Waals surface area contributed by atoms with Gasteiger partial charge in [0.25, 0.3) is 0 Å². The van der Waals surface area contributed by atoms with Crippen LogP contribution in [0, 0.1) is 0 Å². The summed E-state index contributed by atoms with van der Waals surface area (Å²) in [6.45, 7) is 4.27. The van der Waals surface area contributed by atoms with Crippen LogP contribution in [0.1, 0.15) is 30.9 Å². The topological polar surface area (TPSA) is 55.1 Å². The third-order valence-corrected chi connectivity index (χ3v) is 5.42. The molecule has 0 aliphatic carbocycles. The fourth-order valence-corrected chi connectivity index (χ4v) is 3.50. The smallest absolute Gasteiger partial charge is 0.228 e. The number of hydrogen-bond acceptors (Lipinski definition) is 3. The van der Waals surface area contributed by atoms with Crippen LogP contribution in [0.25, 0.3) is 22.6 Å². The average Bonchev–Trinajstić information content (AvgIpc) is 3.14. The molecular weight excluding hydrogens is 419 g/mol. The van der Waals surface area contributed by atoms with Crippen molar-refractivity contribution in [3.63, 3.8) is 0 Å². The van der Waals surface area contributed by atoms with E-state index in [0.717, 1.165) is 11.1 Å². The van der Waals surface area contributed by atoms with Gasteiger partial charge in [0.2, 0.25) is 11.8 Å². The van der Waals surface area contributed by atoms with Crippen LogP contribution in [-0.2, 0) is 11.2 Å². The summed E-state index contributed by atoms with van der Waals surface area (Å²) in [5.41, 5.74) is 4.80. The fraction of sp³-hybridized carbons (Fsp3) is 0.167. The van der Waals surface area contributed by atoms with Gasteiger partial charge in [0, 0.05) is 10.7 Å². The third kappa shape index (κ3) is 4.50. The molecule has 0 spiro atoms. The van der Waals surface area contributed by atoms with Crippen molar-refractivity contribution in [3.8, 4) is 11.5 Å². The Morgan fingerprint density at radius 3 is 2.53 bits per heavy atom. The van der Waals surface area contributed by atoms with Gasteiger partial charge in [0.15, 0.2) is 5.58 Å². The number of fused-ring (bicyclic) bond motifs is 1. The second kappa shape index (κ2) is 8.50. The summed E-state index contributed by atoms with van der Waals surface area (Å²) in [5, 5.41) is 4.04. The number of carbonyl (C=O) groups is 1. The van der Waals surface area contributed by atoms with Crippen LogP contribution >= 0.6 is 23.2 Å². The number of benzene rings is 3. The number of anilines is 1. The first-order valence-electron chi connectivity index (χ1n) is 9.64. The lowest BCUT2D eigenvalue weighted by Gasteiger charge is -2.08. The van der Waals surface area contributed by atoms with Crippen molar-refractivity contribution >= 4 is 45.9 Å². The minimum atomic E-state index is -0.135. The van der Waals surface area contributed by atoms with Crippen molar-refractivity contribution in [1.82, 2.24) is 4.98 Å². The molecule has 1 N–H and O–H groups in total. The van der Waals surface area contributed by atoms with E-state index in [2.05, 4.69) is 24.1 Å². The number of oxazole rings is 1. The SMILES string of the molecule is CC(C)c1ccc2oc(-c3cc(NC(=O)Cc4ccc(Cl)cc4)ccc3Cl)nc2c1. The van der Waals surface area contributed by atoms with E-state index >= 15 is 0 Å². The molecule has 1 amide bonds. The van der Waals surface area contributed by atoms with Gasteiger partial charge in [0.05, 0.1) is 17.0 Å². The summed E-state index contributed by atoms with van der Waals surface area (Å²) in [6, 6.07) is 18.4. The highest BCUT2D eigenvalue weighted by atomic mass is 35.5. The van der Waals surface area contributed by atoms with Crippen molar-refractivity contribution < 1.29 is 9.21 Å². The Bertz CT molecular complexity index is 1210. The van der Waals surface area contributed by atoms with Gasteiger partial charge in [-0.1, -0.05) is 55.2 Å². The van der Waals surface area contributed by atoms with Crippen molar-refractivity contribution in [3.05, 3.63) is 81.8 Å². The van der Waals surface area contributed by atoms with Crippen LogP contribution in [0.15, 0.2) is 65.1 Å². The quantitative estimate of drug-likeness (QED) is 0.361. The van der Waals surface area contributed by atoms with Gasteiger partial charge >= 0.3 is 0 Å². The Balaban J connectivity index is 1.57. The third-order valence-electron chi connectivity index (χ3n) is 4.84. The number of nitrogens with zero attached hydrogens (tertiary/aromatic N) is 1. The molecule has 0 saturated carbocycles. The van der Waals surface area contributed by atoms with Crippen LogP contribution < -0.4 is 5.32 Å². The Morgan fingerprint density at radius 2 is 1.80 bits per heavy atom. The minimum Gasteiger partial charge on any atom is -0.436 e. The maximum Gasteiger partial charge on any atom is 0.228 e. The first kappa shape index (κ1) is 20.5. The van der Waals surface area contributed by atoms with E-state index in [9.17, 15) is 4.79 Å². The lowest BCUT2D eigenvalue weighted by atomic mass is 10.0. The van der Waals surface area contributed by atoms with E-state index < -0.39 is 0 Å². The molecule has 0 fully saturated rings. The molecule has 1 aromatic heterocycles. The second-order valence-electron chi connectivity index (χ2n) is 7.45. The van der Waals surface area contributed by atoms with Crippen LogP contribution in [0.2, 0.25) is 10.0 Å². The molecule has 4 aromatic rings. The van der Waals surface area contributed by atoms with Crippen LogP contribution in [0.4, 0.5) is 5.69 Å². The number of hydrogen-bond donors (Lipinski definition) is 1. The molecule has 4 nitrogen and oxygen atoms in total. The highest BCUT2D eigenvalue weighted by molar-refractivity contribution is 6.33. The number of nitrogens with one attached hydrogen (secondary N) is 1. The van der Waals surface area contributed by atoms with E-state index in [4.69, 9.17) is 27.6 Å². The van der Waals surface area contributed by atoms with Gasteiger partial charge in [-0.25, -0.2) is 4.98 Å². The van der Waals surface area contributed by atoms with Gasteiger partial charge in [0.1, 0.15) is 5.52 Å². The molecule has 0 radical (unpaired) electrons. The number of carbonyl (C=O) groups excluding carboxylic acids is 1. The molecule has 3 aromatic carbocycles. The van der Waals surface area contributed by atoms with Gasteiger partial charge in [-0.05, 0) is 59.5 Å². The largest absolute Gasteiger partial charge is 0.436 e. The van der Waals surface area contributed by atoms with Gasteiger partial charge < -0.3 is 9.73 Å². The molecule has 152 valence electrons. The first-order chi connectivity index (χ1) is 14.4. The molecular formula is C24H20Cl2N2O2. The maximum atomic E-state index is 12.4. The molecule has 0 unspecified atom stereocenters. The van der Waals surface area contributed by atoms with Crippen molar-refractivity contribution in [1.29, 1.82) is 0 Å². The number of aromatic nitrogens is 1. The molecule has 0 bridgehead atoms. The maximum absolute atomic E-state index is 12.4. The highest BCUT2D eigenvalue weighted by Gasteiger charge is 2.14. The first-order valence-corrected chi connectivity index (χ1v) is 10.4. The molecule has 30 heavy (non-hydrogen) atoms. The molecule has 0 aliphatic heterocycles. The molecule has 0 saturated heterocycles. The Morgan fingerprint density at radius 1 is 1.03 bits per heavy atom. The summed E-state index contributed by atoms with van der Waals surface area (Å²) in [7, 11) is 0. The molecule has 1 heterocycles. The Hall–Kier alpha value is -2.82. The fourth-order valence-electron chi connectivity index (χ4n) is 3.18. The minimum absolute atomic E-state index is 0.135. The Labute approximate surface area is 184 Å². The molecule has 0 aliphatic rings. The predicted molar refractivity (Wildman–Crippen MR) is 122 cm³/mol. The van der Waals surface area contributed by atoms with Crippen molar-refractivity contribution in [2.75, 3.05) is 5.32 Å². The van der Waals surface area contributed by atoms with Crippen molar-refractivity contribution in [2.45, 2.75) is 26.2 Å². The van der Waals surface area contributed by atoms with Crippen molar-refractivity contribution in [2.24, 2.45) is 0 Å². The van der Waals surface area contributed by atoms with Gasteiger partial charge in [-0.15, -0.1) is 0 Å². The average molecular weight is 439 g/mol. The normalized spacial score (nSPS) is 11.2. The number of rotatable bonds is 5. The zero-order valence-corrected chi connectivity index (χ0v) is 18.1. The Kier molecular flexibility index (Phi) is 5.80. The van der Waals surface area contributed by atoms with Gasteiger partial charge in [-0.3, -0.25) is 4.79 Å².